The summed E-state index contributed by atoms with van der Waals surface area (Å²) in [4.78, 5) is 16.5. The second-order valence-corrected chi connectivity index (χ2v) is 7.69. The van der Waals surface area contributed by atoms with Crippen molar-refractivity contribution in [3.8, 4) is 0 Å². The van der Waals surface area contributed by atoms with E-state index in [9.17, 15) is 4.79 Å². The molecule has 0 radical (unpaired) electrons. The van der Waals surface area contributed by atoms with Crippen molar-refractivity contribution < 1.29 is 4.79 Å². The zero-order valence-electron chi connectivity index (χ0n) is 15.7. The normalized spacial score (nSPS) is 16.0. The summed E-state index contributed by atoms with van der Waals surface area (Å²) in [5, 5.41) is 3.56. The van der Waals surface area contributed by atoms with E-state index in [1.54, 1.807) is 11.8 Å². The minimum Gasteiger partial charge on any atom is -0.360 e. The summed E-state index contributed by atoms with van der Waals surface area (Å²) in [6, 6.07) is 22.3. The molecular weight excluding hydrogens is 352 g/mol. The molecule has 3 nitrogen and oxygen atoms in total. The lowest BCUT2D eigenvalue weighted by molar-refractivity contribution is 0.0975. The van der Waals surface area contributed by atoms with Gasteiger partial charge in [-0.15, -0.1) is 11.8 Å². The third-order valence-electron chi connectivity index (χ3n) is 5.13. The fraction of sp³-hybridized carbons (Fsp3) is 0.174. The molecule has 4 heteroatoms. The second-order valence-electron chi connectivity index (χ2n) is 6.81. The Kier molecular flexibility index (Phi) is 4.66. The van der Waals surface area contributed by atoms with Crippen LogP contribution >= 0.6 is 11.8 Å². The van der Waals surface area contributed by atoms with Gasteiger partial charge >= 0.3 is 0 Å². The molecule has 1 amide bonds. The zero-order chi connectivity index (χ0) is 19.0. The van der Waals surface area contributed by atoms with Crippen LogP contribution in [0.25, 0.3) is 0 Å². The first-order valence-corrected chi connectivity index (χ1v) is 10.2. The standard InChI is InChI=1S/C23H22N2OS/c1-15-8-11-18(14-16(15)2)25-22(17-9-12-19(27-3)13-10-17)24-21-7-5-4-6-20(21)23(25)26/h4-14,22,24H,1-3H3/t22-/m0/s1. The van der Waals surface area contributed by atoms with Gasteiger partial charge in [-0.1, -0.05) is 30.3 Å². The molecule has 3 aromatic carbocycles. The van der Waals surface area contributed by atoms with Gasteiger partial charge in [0, 0.05) is 16.3 Å². The maximum atomic E-state index is 13.4. The van der Waals surface area contributed by atoms with Crippen molar-refractivity contribution in [3.05, 3.63) is 89.0 Å². The number of nitrogens with zero attached hydrogens (tertiary/aromatic N) is 1. The zero-order valence-corrected chi connectivity index (χ0v) is 16.5. The Morgan fingerprint density at radius 1 is 0.926 bits per heavy atom. The number of hydrogen-bond acceptors (Lipinski definition) is 3. The molecule has 0 unspecified atom stereocenters. The Hall–Kier alpha value is -2.72. The molecule has 136 valence electrons. The monoisotopic (exact) mass is 374 g/mol. The first kappa shape index (κ1) is 17.7. The van der Waals surface area contributed by atoms with Gasteiger partial charge in [-0.05, 0) is 73.2 Å². The van der Waals surface area contributed by atoms with Gasteiger partial charge in [-0.25, -0.2) is 0 Å². The summed E-state index contributed by atoms with van der Waals surface area (Å²) in [6.45, 7) is 4.17. The maximum Gasteiger partial charge on any atom is 0.262 e. The molecule has 0 saturated carbocycles. The van der Waals surface area contributed by atoms with Gasteiger partial charge in [0.1, 0.15) is 6.17 Å². The quantitative estimate of drug-likeness (QED) is 0.588. The molecule has 0 spiro atoms. The van der Waals surface area contributed by atoms with Crippen LogP contribution in [0.15, 0.2) is 71.6 Å². The number of amides is 1. The van der Waals surface area contributed by atoms with Crippen molar-refractivity contribution in [3.63, 3.8) is 0 Å². The Morgan fingerprint density at radius 3 is 2.37 bits per heavy atom. The summed E-state index contributed by atoms with van der Waals surface area (Å²) in [6.07, 6.45) is 1.82. The van der Waals surface area contributed by atoms with E-state index in [0.717, 1.165) is 16.9 Å². The maximum absolute atomic E-state index is 13.4. The van der Waals surface area contributed by atoms with Crippen molar-refractivity contribution in [1.82, 2.24) is 0 Å². The van der Waals surface area contributed by atoms with Gasteiger partial charge in [0.05, 0.1) is 5.56 Å². The summed E-state index contributed by atoms with van der Waals surface area (Å²) in [7, 11) is 0. The molecule has 0 aliphatic carbocycles. The van der Waals surface area contributed by atoms with Crippen molar-refractivity contribution in [2.75, 3.05) is 16.5 Å². The van der Waals surface area contributed by atoms with Crippen LogP contribution in [0.3, 0.4) is 0 Å². The first-order chi connectivity index (χ1) is 13.1. The van der Waals surface area contributed by atoms with Gasteiger partial charge in [-0.3, -0.25) is 9.69 Å². The number of rotatable bonds is 3. The van der Waals surface area contributed by atoms with Gasteiger partial charge < -0.3 is 5.32 Å². The summed E-state index contributed by atoms with van der Waals surface area (Å²) in [5.41, 5.74) is 5.94. The van der Waals surface area contributed by atoms with Crippen LogP contribution in [-0.2, 0) is 0 Å². The first-order valence-electron chi connectivity index (χ1n) is 8.99. The number of thioether (sulfide) groups is 1. The highest BCUT2D eigenvalue weighted by molar-refractivity contribution is 7.98. The van der Waals surface area contributed by atoms with Crippen LogP contribution in [0, 0.1) is 13.8 Å². The van der Waals surface area contributed by atoms with E-state index in [1.165, 1.54) is 16.0 Å². The van der Waals surface area contributed by atoms with Crippen molar-refractivity contribution in [2.45, 2.75) is 24.9 Å². The van der Waals surface area contributed by atoms with Crippen molar-refractivity contribution in [1.29, 1.82) is 0 Å². The average molecular weight is 375 g/mol. The molecule has 0 saturated heterocycles. The average Bonchev–Trinajstić information content (AvgIpc) is 2.70. The van der Waals surface area contributed by atoms with Gasteiger partial charge in [0.2, 0.25) is 0 Å². The highest BCUT2D eigenvalue weighted by atomic mass is 32.2. The van der Waals surface area contributed by atoms with Gasteiger partial charge in [0.25, 0.3) is 5.91 Å². The van der Waals surface area contributed by atoms with E-state index in [2.05, 4.69) is 61.8 Å². The number of benzene rings is 3. The lowest BCUT2D eigenvalue weighted by Crippen LogP contribution is -2.43. The van der Waals surface area contributed by atoms with Gasteiger partial charge in [-0.2, -0.15) is 0 Å². The number of aryl methyl sites for hydroxylation is 2. The Morgan fingerprint density at radius 2 is 1.67 bits per heavy atom. The van der Waals surface area contributed by atoms with Crippen LogP contribution < -0.4 is 10.2 Å². The summed E-state index contributed by atoms with van der Waals surface area (Å²) >= 11 is 1.71. The third-order valence-corrected chi connectivity index (χ3v) is 5.87. The largest absolute Gasteiger partial charge is 0.360 e. The van der Waals surface area contributed by atoms with E-state index in [1.807, 2.05) is 35.2 Å². The predicted octanol–water partition coefficient (Wildman–Crippen LogP) is 5.80. The molecule has 4 rings (SSSR count). The van der Waals surface area contributed by atoms with E-state index in [4.69, 9.17) is 0 Å². The van der Waals surface area contributed by atoms with Crippen molar-refractivity contribution in [2.24, 2.45) is 0 Å². The molecule has 27 heavy (non-hydrogen) atoms. The molecule has 1 N–H and O–H groups in total. The third kappa shape index (κ3) is 3.21. The molecule has 1 atom stereocenters. The highest BCUT2D eigenvalue weighted by Crippen LogP contribution is 2.37. The Balaban J connectivity index is 1.84. The van der Waals surface area contributed by atoms with Crippen LogP contribution in [0.1, 0.15) is 33.2 Å². The number of carbonyl (C=O) groups is 1. The van der Waals surface area contributed by atoms with E-state index in [0.29, 0.717) is 5.56 Å². The Labute approximate surface area is 164 Å². The Bertz CT molecular complexity index is 998. The summed E-state index contributed by atoms with van der Waals surface area (Å²) < 4.78 is 0. The molecule has 0 fully saturated rings. The fourth-order valence-electron chi connectivity index (χ4n) is 3.41. The molecule has 1 aliphatic rings. The minimum atomic E-state index is -0.245. The topological polar surface area (TPSA) is 32.3 Å². The van der Waals surface area contributed by atoms with E-state index in [-0.39, 0.29) is 12.1 Å². The van der Waals surface area contributed by atoms with Crippen LogP contribution in [0.5, 0.6) is 0 Å². The molecule has 1 aliphatic heterocycles. The SMILES string of the molecule is CSc1ccc([C@H]2Nc3ccccc3C(=O)N2c2ccc(C)c(C)c2)cc1. The van der Waals surface area contributed by atoms with Crippen LogP contribution in [-0.4, -0.2) is 12.2 Å². The smallest absolute Gasteiger partial charge is 0.262 e. The number of para-hydroxylation sites is 1. The number of anilines is 2. The second kappa shape index (κ2) is 7.12. The number of fused-ring (bicyclic) bond motifs is 1. The number of hydrogen-bond donors (Lipinski definition) is 1. The van der Waals surface area contributed by atoms with Crippen LogP contribution in [0.2, 0.25) is 0 Å². The molecule has 1 heterocycles. The molecular formula is C23H22N2OS. The van der Waals surface area contributed by atoms with Crippen molar-refractivity contribution >= 4 is 29.0 Å². The molecule has 0 aromatic heterocycles. The highest BCUT2D eigenvalue weighted by Gasteiger charge is 2.34. The number of nitrogens with one attached hydrogen (secondary N) is 1. The fourth-order valence-corrected chi connectivity index (χ4v) is 3.82. The van der Waals surface area contributed by atoms with Gasteiger partial charge in [0.15, 0.2) is 0 Å². The van der Waals surface area contributed by atoms with E-state index < -0.39 is 0 Å². The minimum absolute atomic E-state index is 0.0200. The summed E-state index contributed by atoms with van der Waals surface area (Å²) in [5.74, 6) is 0.0200. The lowest BCUT2D eigenvalue weighted by Gasteiger charge is -2.38. The molecule has 3 aromatic rings. The predicted molar refractivity (Wildman–Crippen MR) is 114 cm³/mol. The van der Waals surface area contributed by atoms with E-state index >= 15 is 0 Å². The number of carbonyl (C=O) groups excluding carboxylic acids is 1. The molecule has 0 bridgehead atoms. The lowest BCUT2D eigenvalue weighted by atomic mass is 10.0. The van der Waals surface area contributed by atoms with Crippen LogP contribution in [0.4, 0.5) is 11.4 Å².